The van der Waals surface area contributed by atoms with E-state index in [4.69, 9.17) is 10.2 Å². The molecule has 0 saturated carbocycles. The van der Waals surface area contributed by atoms with Crippen LogP contribution in [0.3, 0.4) is 0 Å². The summed E-state index contributed by atoms with van der Waals surface area (Å²) in [4.78, 5) is 17.6. The van der Waals surface area contributed by atoms with E-state index in [-0.39, 0.29) is 17.1 Å². The predicted octanol–water partition coefficient (Wildman–Crippen LogP) is 1.85. The molecule has 5 nitrogen and oxygen atoms in total. The molecule has 1 amide bonds. The van der Waals surface area contributed by atoms with Gasteiger partial charge >= 0.3 is 6.18 Å². The number of alkyl halides is 3. The highest BCUT2D eigenvalue weighted by Crippen LogP contribution is 2.30. The second-order valence-electron chi connectivity index (χ2n) is 3.33. The summed E-state index contributed by atoms with van der Waals surface area (Å²) in [6, 6.07) is 2.06. The summed E-state index contributed by atoms with van der Waals surface area (Å²) in [5.74, 6) is -0.952. The Kier molecular flexibility index (Phi) is 2.77. The summed E-state index contributed by atoms with van der Waals surface area (Å²) in [5, 5.41) is 0. The Balaban J connectivity index is 2.41. The Hall–Kier alpha value is -2.38. The third kappa shape index (κ3) is 2.31. The molecule has 0 aliphatic heterocycles. The lowest BCUT2D eigenvalue weighted by molar-refractivity contribution is -0.141. The summed E-state index contributed by atoms with van der Waals surface area (Å²) < 4.78 is 42.2. The number of carbonyl (C=O) groups excluding carboxylic acids is 1. The van der Waals surface area contributed by atoms with Crippen LogP contribution in [0.1, 0.15) is 16.2 Å². The molecule has 0 fully saturated rings. The van der Waals surface area contributed by atoms with Gasteiger partial charge in [-0.3, -0.25) is 9.78 Å². The molecule has 0 aliphatic carbocycles. The standard InChI is InChI=1S/C10H6F3N3O2/c11-10(12,13)7-3-5(1-2-15-7)9-16-6(4-18-9)8(14)17/h1-4H,(H2,14,17). The Morgan fingerprint density at radius 1 is 1.39 bits per heavy atom. The van der Waals surface area contributed by atoms with Gasteiger partial charge in [-0.25, -0.2) is 4.98 Å². The number of nitrogens with zero attached hydrogens (tertiary/aromatic N) is 2. The molecule has 0 bridgehead atoms. The first-order valence-electron chi connectivity index (χ1n) is 4.67. The highest BCUT2D eigenvalue weighted by atomic mass is 19.4. The fourth-order valence-electron chi connectivity index (χ4n) is 1.24. The molecule has 0 saturated heterocycles. The van der Waals surface area contributed by atoms with Crippen LogP contribution < -0.4 is 5.73 Å². The van der Waals surface area contributed by atoms with Crippen LogP contribution >= 0.6 is 0 Å². The third-order valence-electron chi connectivity index (χ3n) is 2.05. The highest BCUT2D eigenvalue weighted by molar-refractivity contribution is 5.90. The van der Waals surface area contributed by atoms with Gasteiger partial charge in [0, 0.05) is 11.8 Å². The Labute approximate surface area is 98.5 Å². The van der Waals surface area contributed by atoms with E-state index in [1.54, 1.807) is 0 Å². The summed E-state index contributed by atoms with van der Waals surface area (Å²) in [5.41, 5.74) is 3.78. The van der Waals surface area contributed by atoms with E-state index in [2.05, 4.69) is 9.97 Å². The molecule has 0 unspecified atom stereocenters. The van der Waals surface area contributed by atoms with Crippen molar-refractivity contribution >= 4 is 5.91 Å². The first-order valence-corrected chi connectivity index (χ1v) is 4.67. The van der Waals surface area contributed by atoms with Crippen molar-refractivity contribution in [3.05, 3.63) is 36.0 Å². The first-order chi connectivity index (χ1) is 8.38. The summed E-state index contributed by atoms with van der Waals surface area (Å²) in [6.07, 6.45) is -2.60. The lowest BCUT2D eigenvalue weighted by atomic mass is 10.2. The normalized spacial score (nSPS) is 11.5. The average Bonchev–Trinajstić information content (AvgIpc) is 2.77. The lowest BCUT2D eigenvalue weighted by Gasteiger charge is -2.05. The number of nitrogens with two attached hydrogens (primary N) is 1. The Morgan fingerprint density at radius 3 is 2.67 bits per heavy atom. The molecule has 8 heteroatoms. The number of oxazole rings is 1. The van der Waals surface area contributed by atoms with Gasteiger partial charge in [-0.15, -0.1) is 0 Å². The number of pyridine rings is 1. The van der Waals surface area contributed by atoms with E-state index in [1.807, 2.05) is 0 Å². The molecule has 18 heavy (non-hydrogen) atoms. The molecule has 0 aromatic carbocycles. The molecule has 2 aromatic heterocycles. The number of rotatable bonds is 2. The van der Waals surface area contributed by atoms with E-state index in [1.165, 1.54) is 6.07 Å². The minimum atomic E-state index is -4.56. The van der Waals surface area contributed by atoms with Gasteiger partial charge in [0.15, 0.2) is 5.69 Å². The molecule has 2 heterocycles. The zero-order valence-corrected chi connectivity index (χ0v) is 8.73. The van der Waals surface area contributed by atoms with Crippen molar-refractivity contribution in [2.75, 3.05) is 0 Å². The first kappa shape index (κ1) is 12.1. The van der Waals surface area contributed by atoms with Gasteiger partial charge in [-0.05, 0) is 12.1 Å². The number of amides is 1. The van der Waals surface area contributed by atoms with Crippen molar-refractivity contribution in [1.82, 2.24) is 9.97 Å². The average molecular weight is 257 g/mol. The van der Waals surface area contributed by atoms with Crippen LogP contribution in [0.15, 0.2) is 29.0 Å². The van der Waals surface area contributed by atoms with E-state index >= 15 is 0 Å². The van der Waals surface area contributed by atoms with Gasteiger partial charge in [-0.1, -0.05) is 0 Å². The SMILES string of the molecule is NC(=O)c1coc(-c2ccnc(C(F)(F)F)c2)n1. The quantitative estimate of drug-likeness (QED) is 0.890. The second-order valence-corrected chi connectivity index (χ2v) is 3.33. The molecule has 2 rings (SSSR count). The van der Waals surface area contributed by atoms with E-state index < -0.39 is 17.8 Å². The molecule has 94 valence electrons. The van der Waals surface area contributed by atoms with Crippen LogP contribution in [0.2, 0.25) is 0 Å². The molecule has 2 N–H and O–H groups in total. The monoisotopic (exact) mass is 257 g/mol. The van der Waals surface area contributed by atoms with E-state index in [9.17, 15) is 18.0 Å². The molecular formula is C10H6F3N3O2. The number of aromatic nitrogens is 2. The van der Waals surface area contributed by atoms with Crippen molar-refractivity contribution in [2.24, 2.45) is 5.73 Å². The van der Waals surface area contributed by atoms with Crippen LogP contribution in [0, 0.1) is 0 Å². The second kappa shape index (κ2) is 4.13. The molecule has 2 aromatic rings. The van der Waals surface area contributed by atoms with Crippen LogP contribution in [0.4, 0.5) is 13.2 Å². The van der Waals surface area contributed by atoms with Crippen LogP contribution in [-0.4, -0.2) is 15.9 Å². The van der Waals surface area contributed by atoms with E-state index in [0.717, 1.165) is 18.5 Å². The molecule has 0 radical (unpaired) electrons. The summed E-state index contributed by atoms with van der Waals surface area (Å²) in [6.45, 7) is 0. The molecule has 0 atom stereocenters. The number of hydrogen-bond acceptors (Lipinski definition) is 4. The number of halogens is 3. The molecule has 0 spiro atoms. The highest BCUT2D eigenvalue weighted by Gasteiger charge is 2.32. The maximum absolute atomic E-state index is 12.4. The Bertz CT molecular complexity index is 592. The van der Waals surface area contributed by atoms with Crippen molar-refractivity contribution in [3.63, 3.8) is 0 Å². The van der Waals surface area contributed by atoms with Crippen molar-refractivity contribution in [3.8, 4) is 11.5 Å². The minimum Gasteiger partial charge on any atom is -0.444 e. The Morgan fingerprint density at radius 2 is 2.11 bits per heavy atom. The largest absolute Gasteiger partial charge is 0.444 e. The zero-order chi connectivity index (χ0) is 13.3. The van der Waals surface area contributed by atoms with Gasteiger partial charge < -0.3 is 10.2 Å². The van der Waals surface area contributed by atoms with Gasteiger partial charge in [-0.2, -0.15) is 13.2 Å². The summed E-state index contributed by atoms with van der Waals surface area (Å²) in [7, 11) is 0. The maximum atomic E-state index is 12.4. The minimum absolute atomic E-state index is 0.0600. The number of primary amides is 1. The van der Waals surface area contributed by atoms with Crippen LogP contribution in [-0.2, 0) is 6.18 Å². The van der Waals surface area contributed by atoms with Gasteiger partial charge in [0.2, 0.25) is 5.89 Å². The fourth-order valence-corrected chi connectivity index (χ4v) is 1.24. The lowest BCUT2D eigenvalue weighted by Crippen LogP contribution is -2.11. The van der Waals surface area contributed by atoms with Crippen molar-refractivity contribution in [1.29, 1.82) is 0 Å². The fraction of sp³-hybridized carbons (Fsp3) is 0.100. The third-order valence-corrected chi connectivity index (χ3v) is 2.05. The van der Waals surface area contributed by atoms with Gasteiger partial charge in [0.1, 0.15) is 12.0 Å². The summed E-state index contributed by atoms with van der Waals surface area (Å²) >= 11 is 0. The topological polar surface area (TPSA) is 82.0 Å². The molecular weight excluding hydrogens is 251 g/mol. The zero-order valence-electron chi connectivity index (χ0n) is 8.73. The maximum Gasteiger partial charge on any atom is 0.433 e. The van der Waals surface area contributed by atoms with Crippen molar-refractivity contribution < 1.29 is 22.4 Å². The van der Waals surface area contributed by atoms with Crippen LogP contribution in [0.5, 0.6) is 0 Å². The van der Waals surface area contributed by atoms with Gasteiger partial charge in [0.25, 0.3) is 5.91 Å². The van der Waals surface area contributed by atoms with Gasteiger partial charge in [0.05, 0.1) is 0 Å². The van der Waals surface area contributed by atoms with Crippen molar-refractivity contribution in [2.45, 2.75) is 6.18 Å². The number of carbonyl (C=O) groups is 1. The van der Waals surface area contributed by atoms with Crippen LogP contribution in [0.25, 0.3) is 11.5 Å². The number of hydrogen-bond donors (Lipinski definition) is 1. The predicted molar refractivity (Wildman–Crippen MR) is 53.3 cm³/mol. The van der Waals surface area contributed by atoms with E-state index in [0.29, 0.717) is 0 Å². The smallest absolute Gasteiger partial charge is 0.433 e. The molecule has 0 aliphatic rings.